The quantitative estimate of drug-likeness (QED) is 0.715. The molecule has 8 heteroatoms. The van der Waals surface area contributed by atoms with E-state index < -0.39 is 23.3 Å². The van der Waals surface area contributed by atoms with E-state index in [9.17, 15) is 14.4 Å². The van der Waals surface area contributed by atoms with Gasteiger partial charge in [0.1, 0.15) is 6.04 Å². The lowest BCUT2D eigenvalue weighted by molar-refractivity contribution is -0.138. The molecule has 8 nitrogen and oxygen atoms in total. The van der Waals surface area contributed by atoms with Crippen molar-refractivity contribution in [2.24, 2.45) is 20.0 Å². The second-order valence-corrected chi connectivity index (χ2v) is 4.32. The third-order valence-electron chi connectivity index (χ3n) is 2.55. The molecule has 0 bridgehead atoms. The van der Waals surface area contributed by atoms with E-state index >= 15 is 0 Å². The van der Waals surface area contributed by atoms with E-state index in [4.69, 9.17) is 5.11 Å². The fourth-order valence-corrected chi connectivity index (χ4v) is 1.45. The predicted octanol–water partition coefficient (Wildman–Crippen LogP) is -1.000. The van der Waals surface area contributed by atoms with Crippen molar-refractivity contribution in [3.63, 3.8) is 0 Å². The van der Waals surface area contributed by atoms with Crippen molar-refractivity contribution < 1.29 is 9.90 Å². The lowest BCUT2D eigenvalue weighted by Crippen LogP contribution is -2.43. The molecule has 0 amide bonds. The van der Waals surface area contributed by atoms with Crippen molar-refractivity contribution in [3.05, 3.63) is 20.8 Å². The number of rotatable bonds is 4. The van der Waals surface area contributed by atoms with E-state index in [0.29, 0.717) is 0 Å². The van der Waals surface area contributed by atoms with Crippen LogP contribution in [0.25, 0.3) is 0 Å². The Morgan fingerprint density at radius 2 is 1.89 bits per heavy atom. The zero-order valence-corrected chi connectivity index (χ0v) is 10.7. The molecular weight excluding hydrogens is 240 g/mol. The van der Waals surface area contributed by atoms with E-state index in [-0.39, 0.29) is 11.7 Å². The Kier molecular flexibility index (Phi) is 3.89. The molecule has 1 atom stereocenters. The van der Waals surface area contributed by atoms with Crippen molar-refractivity contribution >= 4 is 11.8 Å². The Morgan fingerprint density at radius 1 is 1.33 bits per heavy atom. The summed E-state index contributed by atoms with van der Waals surface area (Å²) in [6.07, 6.45) is 0. The number of aliphatic carboxylic acids is 1. The van der Waals surface area contributed by atoms with Crippen LogP contribution in [0.15, 0.2) is 9.59 Å². The second kappa shape index (κ2) is 5.03. The molecule has 0 saturated carbocycles. The topological polar surface area (TPSA) is 106 Å². The average molecular weight is 256 g/mol. The molecule has 1 heterocycles. The largest absolute Gasteiger partial charge is 0.480 e. The first-order valence-corrected chi connectivity index (χ1v) is 5.39. The van der Waals surface area contributed by atoms with E-state index in [1.165, 1.54) is 14.1 Å². The van der Waals surface area contributed by atoms with E-state index in [2.05, 4.69) is 10.4 Å². The maximum absolute atomic E-state index is 11.8. The van der Waals surface area contributed by atoms with Gasteiger partial charge in [-0.3, -0.25) is 9.36 Å². The van der Waals surface area contributed by atoms with Crippen molar-refractivity contribution in [1.29, 1.82) is 0 Å². The lowest BCUT2D eigenvalue weighted by atomic mass is 10.1. The number of hydrogen-bond donors (Lipinski definition) is 2. The van der Waals surface area contributed by atoms with Gasteiger partial charge in [-0.25, -0.2) is 14.3 Å². The van der Waals surface area contributed by atoms with Crippen molar-refractivity contribution in [2.45, 2.75) is 19.9 Å². The Morgan fingerprint density at radius 3 is 2.33 bits per heavy atom. The molecule has 0 aliphatic rings. The summed E-state index contributed by atoms with van der Waals surface area (Å²) in [6.45, 7) is 3.41. The number of hydrogen-bond acceptors (Lipinski definition) is 5. The van der Waals surface area contributed by atoms with Gasteiger partial charge >= 0.3 is 11.7 Å². The van der Waals surface area contributed by atoms with Gasteiger partial charge in [0, 0.05) is 14.1 Å². The highest BCUT2D eigenvalue weighted by Gasteiger charge is 2.23. The molecule has 1 aromatic heterocycles. The molecule has 1 unspecified atom stereocenters. The predicted molar refractivity (Wildman–Crippen MR) is 64.6 cm³/mol. The summed E-state index contributed by atoms with van der Waals surface area (Å²) in [5.41, 5.74) is -1.22. The number of aromatic nitrogens is 3. The minimum atomic E-state index is -1.08. The van der Waals surface area contributed by atoms with Crippen LogP contribution in [0.5, 0.6) is 0 Å². The van der Waals surface area contributed by atoms with Crippen LogP contribution in [0, 0.1) is 5.92 Å². The van der Waals surface area contributed by atoms with Crippen LogP contribution in [-0.2, 0) is 18.9 Å². The normalized spacial score (nSPS) is 12.5. The second-order valence-electron chi connectivity index (χ2n) is 4.32. The maximum atomic E-state index is 11.8. The zero-order valence-electron chi connectivity index (χ0n) is 10.7. The zero-order chi connectivity index (χ0) is 14.0. The first-order valence-electron chi connectivity index (χ1n) is 5.39. The number of carboxylic acid groups (broad SMARTS) is 1. The molecule has 18 heavy (non-hydrogen) atoms. The molecule has 1 aromatic rings. The smallest absolute Gasteiger partial charge is 0.346 e. The van der Waals surface area contributed by atoms with Crippen molar-refractivity contribution in [3.8, 4) is 0 Å². The van der Waals surface area contributed by atoms with Gasteiger partial charge in [0.2, 0.25) is 5.82 Å². The third-order valence-corrected chi connectivity index (χ3v) is 2.55. The summed E-state index contributed by atoms with van der Waals surface area (Å²) in [7, 11) is 2.70. The first-order chi connectivity index (χ1) is 8.25. The van der Waals surface area contributed by atoms with Gasteiger partial charge in [0.05, 0.1) is 0 Å². The standard InChI is InChI=1S/C10H16N4O4/c1-5(2)6(9(16)17)11-7-8(15)13(3)10(18)14(4)12-7/h5-6H,1-4H3,(H,11,12)(H,16,17). The number of nitrogens with zero attached hydrogens (tertiary/aromatic N) is 3. The van der Waals surface area contributed by atoms with Crippen LogP contribution in [0.3, 0.4) is 0 Å². The molecular formula is C10H16N4O4. The van der Waals surface area contributed by atoms with Crippen LogP contribution >= 0.6 is 0 Å². The molecule has 0 aromatic carbocycles. The molecule has 0 aliphatic carbocycles. The number of aryl methyl sites for hydroxylation is 1. The Hall–Kier alpha value is -2.12. The highest BCUT2D eigenvalue weighted by molar-refractivity contribution is 5.77. The maximum Gasteiger partial charge on any atom is 0.346 e. The number of anilines is 1. The van der Waals surface area contributed by atoms with Crippen molar-refractivity contribution in [2.75, 3.05) is 5.32 Å². The van der Waals surface area contributed by atoms with Crippen molar-refractivity contribution in [1.82, 2.24) is 14.3 Å². The Bertz CT molecular complexity index is 572. The summed E-state index contributed by atoms with van der Waals surface area (Å²) in [6, 6.07) is -0.942. The molecule has 1 rings (SSSR count). The van der Waals surface area contributed by atoms with Crippen LogP contribution in [0.4, 0.5) is 5.82 Å². The summed E-state index contributed by atoms with van der Waals surface area (Å²) >= 11 is 0. The van der Waals surface area contributed by atoms with E-state index in [1.54, 1.807) is 13.8 Å². The average Bonchev–Trinajstić information content (AvgIpc) is 2.28. The van der Waals surface area contributed by atoms with Gasteiger partial charge in [-0.15, -0.1) is 5.10 Å². The SMILES string of the molecule is CC(C)C(Nc1nn(C)c(=O)n(C)c1=O)C(=O)O. The highest BCUT2D eigenvalue weighted by atomic mass is 16.4. The van der Waals surface area contributed by atoms with Gasteiger partial charge in [0.25, 0.3) is 5.56 Å². The van der Waals surface area contributed by atoms with Crippen LogP contribution in [0.2, 0.25) is 0 Å². The fourth-order valence-electron chi connectivity index (χ4n) is 1.45. The number of carbonyl (C=O) groups is 1. The van der Waals surface area contributed by atoms with E-state index in [1.807, 2.05) is 0 Å². The number of nitrogens with one attached hydrogen (secondary N) is 1. The summed E-state index contributed by atoms with van der Waals surface area (Å²) in [5, 5.41) is 15.3. The third kappa shape index (κ3) is 2.58. The fraction of sp³-hybridized carbons (Fsp3) is 0.600. The molecule has 0 radical (unpaired) electrons. The molecule has 0 fully saturated rings. The summed E-state index contributed by atoms with van der Waals surface area (Å²) < 4.78 is 1.84. The highest BCUT2D eigenvalue weighted by Crippen LogP contribution is 2.06. The van der Waals surface area contributed by atoms with Crippen LogP contribution in [0.1, 0.15) is 13.8 Å². The van der Waals surface area contributed by atoms with Crippen LogP contribution < -0.4 is 16.6 Å². The molecule has 0 saturated heterocycles. The van der Waals surface area contributed by atoms with Crippen LogP contribution in [-0.4, -0.2) is 31.5 Å². The first kappa shape index (κ1) is 13.9. The van der Waals surface area contributed by atoms with Gasteiger partial charge in [0.15, 0.2) is 0 Å². The minimum absolute atomic E-state index is 0.152. The summed E-state index contributed by atoms with van der Waals surface area (Å²) in [5.74, 6) is -1.46. The molecule has 2 N–H and O–H groups in total. The number of carboxylic acids is 1. The van der Waals surface area contributed by atoms with Gasteiger partial charge in [-0.2, -0.15) is 0 Å². The summed E-state index contributed by atoms with van der Waals surface area (Å²) in [4.78, 5) is 34.2. The monoisotopic (exact) mass is 256 g/mol. The minimum Gasteiger partial charge on any atom is -0.480 e. The molecule has 0 spiro atoms. The van der Waals surface area contributed by atoms with Gasteiger partial charge in [-0.1, -0.05) is 13.8 Å². The van der Waals surface area contributed by atoms with E-state index in [0.717, 1.165) is 9.25 Å². The Labute approximate surface area is 103 Å². The lowest BCUT2D eigenvalue weighted by Gasteiger charge is -2.18. The molecule has 100 valence electrons. The van der Waals surface area contributed by atoms with Gasteiger partial charge in [-0.05, 0) is 5.92 Å². The molecule has 0 aliphatic heterocycles. The Balaban J connectivity index is 3.24. The van der Waals surface area contributed by atoms with Gasteiger partial charge < -0.3 is 10.4 Å².